The molecule has 30 heavy (non-hydrogen) atoms. The van der Waals surface area contributed by atoms with E-state index < -0.39 is 5.92 Å². The molecule has 1 heterocycles. The Kier molecular flexibility index (Phi) is 5.80. The van der Waals surface area contributed by atoms with E-state index in [1.165, 1.54) is 6.42 Å². The highest BCUT2D eigenvalue weighted by Crippen LogP contribution is 2.47. The second-order valence-electron chi connectivity index (χ2n) is 9.65. The van der Waals surface area contributed by atoms with E-state index in [0.717, 1.165) is 49.1 Å². The van der Waals surface area contributed by atoms with E-state index in [2.05, 4.69) is 19.2 Å². The SMILES string of the molecule is CC1=C(C(=O)OC2CCCCC2)C(c2ccc(Cl)cc2)C2=C(CC(C)(C)CC2=O)N1. The lowest BCUT2D eigenvalue weighted by atomic mass is 9.68. The molecule has 4 rings (SSSR count). The molecule has 4 nitrogen and oxygen atoms in total. The molecule has 1 atom stereocenters. The number of carbonyl (C=O) groups is 2. The minimum atomic E-state index is -0.418. The van der Waals surface area contributed by atoms with Gasteiger partial charge in [0.05, 0.1) is 5.57 Å². The first-order chi connectivity index (χ1) is 14.2. The topological polar surface area (TPSA) is 55.4 Å². The summed E-state index contributed by atoms with van der Waals surface area (Å²) in [6.07, 6.45) is 6.44. The zero-order valence-electron chi connectivity index (χ0n) is 18.0. The van der Waals surface area contributed by atoms with Crippen molar-refractivity contribution in [2.45, 2.75) is 77.7 Å². The maximum absolute atomic E-state index is 13.4. The number of dihydropyridines is 1. The fourth-order valence-electron chi connectivity index (χ4n) is 5.09. The van der Waals surface area contributed by atoms with Crippen LogP contribution in [0.5, 0.6) is 0 Å². The molecule has 1 unspecified atom stereocenters. The molecule has 160 valence electrons. The molecule has 0 amide bonds. The number of allylic oxidation sites excluding steroid dienone is 3. The van der Waals surface area contributed by atoms with Crippen LogP contribution in [-0.2, 0) is 14.3 Å². The van der Waals surface area contributed by atoms with Crippen molar-refractivity contribution in [1.82, 2.24) is 5.32 Å². The lowest BCUT2D eigenvalue weighted by Gasteiger charge is -2.39. The number of hydrogen-bond donors (Lipinski definition) is 1. The molecular weight excluding hydrogens is 398 g/mol. The lowest BCUT2D eigenvalue weighted by molar-refractivity contribution is -0.146. The van der Waals surface area contributed by atoms with Crippen molar-refractivity contribution in [3.8, 4) is 0 Å². The van der Waals surface area contributed by atoms with Gasteiger partial charge in [0, 0.05) is 34.3 Å². The summed E-state index contributed by atoms with van der Waals surface area (Å²) in [5.74, 6) is -0.626. The van der Waals surface area contributed by atoms with Gasteiger partial charge in [-0.25, -0.2) is 4.79 Å². The van der Waals surface area contributed by atoms with Crippen molar-refractivity contribution in [2.75, 3.05) is 0 Å². The molecule has 0 radical (unpaired) electrons. The van der Waals surface area contributed by atoms with Crippen molar-refractivity contribution in [1.29, 1.82) is 0 Å². The van der Waals surface area contributed by atoms with E-state index in [0.29, 0.717) is 22.6 Å². The Labute approximate surface area is 183 Å². The predicted octanol–water partition coefficient (Wildman–Crippen LogP) is 5.82. The highest BCUT2D eigenvalue weighted by Gasteiger charge is 2.43. The van der Waals surface area contributed by atoms with E-state index >= 15 is 0 Å². The lowest BCUT2D eigenvalue weighted by Crippen LogP contribution is -2.39. The van der Waals surface area contributed by atoms with Gasteiger partial charge in [0.25, 0.3) is 0 Å². The quantitative estimate of drug-likeness (QED) is 0.617. The summed E-state index contributed by atoms with van der Waals surface area (Å²) in [7, 11) is 0. The number of esters is 1. The van der Waals surface area contributed by atoms with Gasteiger partial charge in [-0.2, -0.15) is 0 Å². The number of ketones is 1. The van der Waals surface area contributed by atoms with E-state index in [4.69, 9.17) is 16.3 Å². The van der Waals surface area contributed by atoms with Gasteiger partial charge in [-0.1, -0.05) is 44.0 Å². The molecule has 3 aliphatic rings. The van der Waals surface area contributed by atoms with E-state index in [1.54, 1.807) is 0 Å². The molecule has 2 aliphatic carbocycles. The third-order valence-corrected chi connectivity index (χ3v) is 6.74. The highest BCUT2D eigenvalue weighted by molar-refractivity contribution is 6.30. The zero-order valence-corrected chi connectivity index (χ0v) is 18.8. The maximum Gasteiger partial charge on any atom is 0.337 e. The standard InChI is InChI=1S/C25H30ClNO3/c1-15-21(24(29)30-18-7-5-4-6-8-18)22(16-9-11-17(26)12-10-16)23-19(27-15)13-25(2,3)14-20(23)28/h9-12,18,22,27H,4-8,13-14H2,1-3H3. The summed E-state index contributed by atoms with van der Waals surface area (Å²) in [4.78, 5) is 26.6. The average Bonchev–Trinajstić information content (AvgIpc) is 2.67. The van der Waals surface area contributed by atoms with Crippen molar-refractivity contribution < 1.29 is 14.3 Å². The number of halogens is 1. The third kappa shape index (κ3) is 4.20. The number of rotatable bonds is 3. The molecule has 1 N–H and O–H groups in total. The van der Waals surface area contributed by atoms with Gasteiger partial charge >= 0.3 is 5.97 Å². The van der Waals surface area contributed by atoms with Crippen LogP contribution in [0.3, 0.4) is 0 Å². The molecule has 1 aliphatic heterocycles. The minimum absolute atomic E-state index is 0.0335. The largest absolute Gasteiger partial charge is 0.459 e. The van der Waals surface area contributed by atoms with Crippen LogP contribution in [0, 0.1) is 5.41 Å². The summed E-state index contributed by atoms with van der Waals surface area (Å²) in [5.41, 5.74) is 3.76. The summed E-state index contributed by atoms with van der Waals surface area (Å²) in [6, 6.07) is 7.46. The van der Waals surface area contributed by atoms with Crippen LogP contribution in [0.2, 0.25) is 5.02 Å². The summed E-state index contributed by atoms with van der Waals surface area (Å²) < 4.78 is 5.94. The molecule has 1 aromatic rings. The number of nitrogens with one attached hydrogen (secondary N) is 1. The predicted molar refractivity (Wildman–Crippen MR) is 118 cm³/mol. The monoisotopic (exact) mass is 427 g/mol. The molecule has 1 saturated carbocycles. The molecule has 0 saturated heterocycles. The fraction of sp³-hybridized carbons (Fsp3) is 0.520. The van der Waals surface area contributed by atoms with Crippen LogP contribution in [0.25, 0.3) is 0 Å². The van der Waals surface area contributed by atoms with Crippen molar-refractivity contribution >= 4 is 23.4 Å². The van der Waals surface area contributed by atoms with Crippen molar-refractivity contribution in [3.05, 3.63) is 57.4 Å². The number of carbonyl (C=O) groups excluding carboxylic acids is 2. The normalized spacial score (nSPS) is 24.4. The Balaban J connectivity index is 1.75. The van der Waals surface area contributed by atoms with Gasteiger partial charge in [-0.05, 0) is 62.1 Å². The van der Waals surface area contributed by atoms with Crippen LogP contribution in [0.15, 0.2) is 46.8 Å². The summed E-state index contributed by atoms with van der Waals surface area (Å²) in [6.45, 7) is 6.13. The Morgan fingerprint density at radius 1 is 1.10 bits per heavy atom. The first kappa shape index (κ1) is 21.2. The number of Topliss-reactive ketones (excluding diaryl/α,β-unsaturated/α-hetero) is 1. The van der Waals surface area contributed by atoms with Crippen LogP contribution in [-0.4, -0.2) is 17.9 Å². The van der Waals surface area contributed by atoms with Gasteiger partial charge < -0.3 is 10.1 Å². The molecule has 0 bridgehead atoms. The van der Waals surface area contributed by atoms with E-state index in [1.807, 2.05) is 31.2 Å². The van der Waals surface area contributed by atoms with Crippen LogP contribution >= 0.6 is 11.6 Å². The van der Waals surface area contributed by atoms with Crippen molar-refractivity contribution in [3.63, 3.8) is 0 Å². The smallest absolute Gasteiger partial charge is 0.337 e. The van der Waals surface area contributed by atoms with Gasteiger partial charge in [0.15, 0.2) is 5.78 Å². The summed E-state index contributed by atoms with van der Waals surface area (Å²) >= 11 is 6.12. The van der Waals surface area contributed by atoms with Gasteiger partial charge in [0.1, 0.15) is 6.10 Å². The Morgan fingerprint density at radius 3 is 2.43 bits per heavy atom. The van der Waals surface area contributed by atoms with Crippen molar-refractivity contribution in [2.24, 2.45) is 5.41 Å². The first-order valence-corrected chi connectivity index (χ1v) is 11.3. The van der Waals surface area contributed by atoms with Gasteiger partial charge in [-0.15, -0.1) is 0 Å². The first-order valence-electron chi connectivity index (χ1n) is 11.0. The average molecular weight is 428 g/mol. The third-order valence-electron chi connectivity index (χ3n) is 6.49. The second kappa shape index (κ2) is 8.22. The Morgan fingerprint density at radius 2 is 1.77 bits per heavy atom. The Hall–Kier alpha value is -2.07. The highest BCUT2D eigenvalue weighted by atomic mass is 35.5. The van der Waals surface area contributed by atoms with Gasteiger partial charge in [0.2, 0.25) is 0 Å². The fourth-order valence-corrected chi connectivity index (χ4v) is 5.22. The summed E-state index contributed by atoms with van der Waals surface area (Å²) in [5, 5.41) is 4.02. The van der Waals surface area contributed by atoms with Crippen LogP contribution in [0.1, 0.15) is 77.2 Å². The number of hydrogen-bond acceptors (Lipinski definition) is 4. The maximum atomic E-state index is 13.4. The molecule has 0 aromatic heterocycles. The van der Waals surface area contributed by atoms with E-state index in [-0.39, 0.29) is 23.3 Å². The number of benzene rings is 1. The molecule has 0 spiro atoms. The Bertz CT molecular complexity index is 920. The van der Waals surface area contributed by atoms with Crippen LogP contribution < -0.4 is 5.32 Å². The molecule has 5 heteroatoms. The minimum Gasteiger partial charge on any atom is -0.459 e. The molecule has 1 aromatic carbocycles. The van der Waals surface area contributed by atoms with Gasteiger partial charge in [-0.3, -0.25) is 4.79 Å². The van der Waals surface area contributed by atoms with Crippen LogP contribution in [0.4, 0.5) is 0 Å². The molecular formula is C25H30ClNO3. The molecule has 1 fully saturated rings. The zero-order chi connectivity index (χ0) is 21.5. The van der Waals surface area contributed by atoms with E-state index in [9.17, 15) is 9.59 Å². The second-order valence-corrected chi connectivity index (χ2v) is 10.1. The number of ether oxygens (including phenoxy) is 1.